The van der Waals surface area contributed by atoms with E-state index < -0.39 is 0 Å². The molecule has 3 heterocycles. The Kier molecular flexibility index (Phi) is 5.76. The number of allylic oxidation sites excluding steroid dienone is 2. The van der Waals surface area contributed by atoms with Crippen LogP contribution in [0.4, 0.5) is 5.95 Å². The summed E-state index contributed by atoms with van der Waals surface area (Å²) in [4.78, 5) is 12.7. The maximum absolute atomic E-state index is 9.66. The number of thioether (sulfide) groups is 1. The number of hydrogen-bond donors (Lipinski definition) is 2. The van der Waals surface area contributed by atoms with Crippen LogP contribution in [-0.2, 0) is 6.54 Å². The number of aryl methyl sites for hydroxylation is 1. The summed E-state index contributed by atoms with van der Waals surface area (Å²) in [5.41, 5.74) is 2.21. The number of nitriles is 1. The normalized spacial score (nSPS) is 15.7. The molecule has 0 saturated carbocycles. The van der Waals surface area contributed by atoms with Gasteiger partial charge in [-0.15, -0.1) is 0 Å². The molecule has 8 nitrogen and oxygen atoms in total. The SMILES string of the molecule is CC(C)(C)C1=CSC(=C(C#N)c2ccnc(NCCCn3cncn3)n2)N1. The second kappa shape index (κ2) is 8.22. The fourth-order valence-corrected chi connectivity index (χ4v) is 3.47. The Balaban J connectivity index is 1.65. The smallest absolute Gasteiger partial charge is 0.223 e. The molecule has 0 radical (unpaired) electrons. The summed E-state index contributed by atoms with van der Waals surface area (Å²) >= 11 is 1.52. The average molecular weight is 382 g/mol. The second-order valence-corrected chi connectivity index (χ2v) is 7.92. The molecule has 27 heavy (non-hydrogen) atoms. The molecule has 3 rings (SSSR count). The average Bonchev–Trinajstić information content (AvgIpc) is 3.31. The Hall–Kier alpha value is -2.86. The van der Waals surface area contributed by atoms with Gasteiger partial charge in [-0.25, -0.2) is 15.0 Å². The highest BCUT2D eigenvalue weighted by Gasteiger charge is 2.25. The summed E-state index contributed by atoms with van der Waals surface area (Å²) in [5, 5.41) is 23.1. The third-order valence-electron chi connectivity index (χ3n) is 3.92. The standard InChI is InChI=1S/C18H22N8S/c1-18(2,3)15-10-27-16(25-15)13(9-19)14-5-7-22-17(24-14)21-6-4-8-26-12-20-11-23-26/h5,7,10-12,25H,4,6,8H2,1-3H3,(H,21,22,24). The van der Waals surface area contributed by atoms with Crippen molar-refractivity contribution in [3.8, 4) is 6.07 Å². The van der Waals surface area contributed by atoms with E-state index in [4.69, 9.17) is 0 Å². The number of nitrogens with zero attached hydrogens (tertiary/aromatic N) is 6. The van der Waals surface area contributed by atoms with Crippen LogP contribution >= 0.6 is 11.8 Å². The lowest BCUT2D eigenvalue weighted by atomic mass is 9.93. The molecular formula is C18H22N8S. The first-order valence-corrected chi connectivity index (χ1v) is 9.54. The molecule has 0 spiro atoms. The number of rotatable bonds is 6. The molecular weight excluding hydrogens is 360 g/mol. The van der Waals surface area contributed by atoms with Crippen molar-refractivity contribution in [1.82, 2.24) is 30.0 Å². The number of aromatic nitrogens is 5. The summed E-state index contributed by atoms with van der Waals surface area (Å²) in [6.45, 7) is 7.86. The Bertz CT molecular complexity index is 887. The van der Waals surface area contributed by atoms with E-state index >= 15 is 0 Å². The Labute approximate surface area is 162 Å². The van der Waals surface area contributed by atoms with Crippen molar-refractivity contribution >= 4 is 23.3 Å². The minimum atomic E-state index is -0.00218. The van der Waals surface area contributed by atoms with Gasteiger partial charge in [0.2, 0.25) is 5.95 Å². The summed E-state index contributed by atoms with van der Waals surface area (Å²) < 4.78 is 1.78. The molecule has 140 valence electrons. The van der Waals surface area contributed by atoms with E-state index in [0.717, 1.165) is 23.7 Å². The maximum atomic E-state index is 9.66. The fourth-order valence-electron chi connectivity index (χ4n) is 2.38. The predicted octanol–water partition coefficient (Wildman–Crippen LogP) is 2.99. The second-order valence-electron chi connectivity index (χ2n) is 7.04. The molecule has 2 N–H and O–H groups in total. The van der Waals surface area contributed by atoms with E-state index in [1.165, 1.54) is 18.1 Å². The molecule has 0 atom stereocenters. The van der Waals surface area contributed by atoms with Crippen LogP contribution in [0.25, 0.3) is 5.57 Å². The molecule has 0 fully saturated rings. The van der Waals surface area contributed by atoms with E-state index in [0.29, 0.717) is 23.8 Å². The fraction of sp³-hybridized carbons (Fsp3) is 0.389. The quantitative estimate of drug-likeness (QED) is 0.580. The highest BCUT2D eigenvalue weighted by molar-refractivity contribution is 8.06. The Morgan fingerprint density at radius 3 is 2.93 bits per heavy atom. The van der Waals surface area contributed by atoms with Gasteiger partial charge in [0, 0.05) is 30.4 Å². The summed E-state index contributed by atoms with van der Waals surface area (Å²) in [6.07, 6.45) is 5.73. The van der Waals surface area contributed by atoms with Crippen molar-refractivity contribution in [2.75, 3.05) is 11.9 Å². The maximum Gasteiger partial charge on any atom is 0.223 e. The van der Waals surface area contributed by atoms with Gasteiger partial charge in [0.15, 0.2) is 0 Å². The largest absolute Gasteiger partial charge is 0.354 e. The van der Waals surface area contributed by atoms with Crippen molar-refractivity contribution in [3.05, 3.63) is 46.7 Å². The van der Waals surface area contributed by atoms with E-state index in [2.05, 4.69) is 62.9 Å². The number of anilines is 1. The molecule has 0 amide bonds. The summed E-state index contributed by atoms with van der Waals surface area (Å²) in [6, 6.07) is 4.03. The molecule has 9 heteroatoms. The topological polar surface area (TPSA) is 104 Å². The van der Waals surface area contributed by atoms with E-state index in [9.17, 15) is 5.26 Å². The molecule has 1 aliphatic rings. The van der Waals surface area contributed by atoms with Crippen LogP contribution in [0, 0.1) is 16.7 Å². The van der Waals surface area contributed by atoms with Gasteiger partial charge in [0.1, 0.15) is 24.3 Å². The van der Waals surface area contributed by atoms with Gasteiger partial charge in [-0.2, -0.15) is 10.4 Å². The van der Waals surface area contributed by atoms with E-state index in [1.807, 2.05) is 0 Å². The summed E-state index contributed by atoms with van der Waals surface area (Å²) in [7, 11) is 0. The van der Waals surface area contributed by atoms with Crippen LogP contribution in [0.5, 0.6) is 0 Å². The highest BCUT2D eigenvalue weighted by atomic mass is 32.2. The minimum Gasteiger partial charge on any atom is -0.354 e. The van der Waals surface area contributed by atoms with Gasteiger partial charge in [-0.05, 0) is 17.9 Å². The zero-order valence-corrected chi connectivity index (χ0v) is 16.4. The van der Waals surface area contributed by atoms with Crippen LogP contribution in [0.2, 0.25) is 0 Å². The van der Waals surface area contributed by atoms with Crippen LogP contribution in [0.3, 0.4) is 0 Å². The van der Waals surface area contributed by atoms with Crippen molar-refractivity contribution in [2.45, 2.75) is 33.7 Å². The summed E-state index contributed by atoms with van der Waals surface area (Å²) in [5.74, 6) is 0.506. The van der Waals surface area contributed by atoms with Gasteiger partial charge in [-0.3, -0.25) is 4.68 Å². The van der Waals surface area contributed by atoms with Gasteiger partial charge in [0.25, 0.3) is 0 Å². The lowest BCUT2D eigenvalue weighted by molar-refractivity contribution is 0.481. The monoisotopic (exact) mass is 382 g/mol. The highest BCUT2D eigenvalue weighted by Crippen LogP contribution is 2.37. The molecule has 2 aromatic rings. The molecule has 2 aromatic heterocycles. The number of nitrogens with one attached hydrogen (secondary N) is 2. The number of hydrogen-bond acceptors (Lipinski definition) is 8. The minimum absolute atomic E-state index is 0.00218. The van der Waals surface area contributed by atoms with Gasteiger partial charge < -0.3 is 10.6 Å². The first-order chi connectivity index (χ1) is 13.0. The predicted molar refractivity (Wildman–Crippen MR) is 106 cm³/mol. The van der Waals surface area contributed by atoms with Crippen LogP contribution < -0.4 is 10.6 Å². The lowest BCUT2D eigenvalue weighted by Gasteiger charge is -2.20. The molecule has 1 aliphatic heterocycles. The van der Waals surface area contributed by atoms with Gasteiger partial charge >= 0.3 is 0 Å². The molecule has 0 aliphatic carbocycles. The van der Waals surface area contributed by atoms with E-state index in [-0.39, 0.29) is 5.41 Å². The Morgan fingerprint density at radius 1 is 1.41 bits per heavy atom. The third-order valence-corrected chi connectivity index (χ3v) is 4.81. The van der Waals surface area contributed by atoms with Gasteiger partial charge in [-0.1, -0.05) is 32.5 Å². The first kappa shape index (κ1) is 18.9. The zero-order chi connectivity index (χ0) is 19.3. The zero-order valence-electron chi connectivity index (χ0n) is 15.6. The van der Waals surface area contributed by atoms with Crippen molar-refractivity contribution in [3.63, 3.8) is 0 Å². The van der Waals surface area contributed by atoms with Crippen LogP contribution in [0.15, 0.2) is 41.1 Å². The molecule has 0 saturated heterocycles. The van der Waals surface area contributed by atoms with Crippen molar-refractivity contribution in [1.29, 1.82) is 5.26 Å². The molecule has 0 unspecified atom stereocenters. The van der Waals surface area contributed by atoms with Crippen LogP contribution in [-0.4, -0.2) is 31.3 Å². The van der Waals surface area contributed by atoms with Gasteiger partial charge in [0.05, 0.1) is 10.7 Å². The lowest BCUT2D eigenvalue weighted by Crippen LogP contribution is -2.20. The van der Waals surface area contributed by atoms with Crippen molar-refractivity contribution in [2.24, 2.45) is 5.41 Å². The van der Waals surface area contributed by atoms with E-state index in [1.54, 1.807) is 23.3 Å². The van der Waals surface area contributed by atoms with Crippen LogP contribution in [0.1, 0.15) is 32.9 Å². The Morgan fingerprint density at radius 2 is 2.26 bits per heavy atom. The van der Waals surface area contributed by atoms with Crippen molar-refractivity contribution < 1.29 is 0 Å². The molecule has 0 bridgehead atoms. The first-order valence-electron chi connectivity index (χ1n) is 8.66. The molecule has 0 aromatic carbocycles. The third kappa shape index (κ3) is 4.86.